The van der Waals surface area contributed by atoms with Gasteiger partial charge in [-0.15, -0.1) is 12.4 Å². The van der Waals surface area contributed by atoms with Crippen molar-refractivity contribution in [2.45, 2.75) is 39.2 Å². The molecule has 1 heterocycles. The fourth-order valence-corrected chi connectivity index (χ4v) is 2.32. The summed E-state index contributed by atoms with van der Waals surface area (Å²) in [7, 11) is 0. The molecule has 0 spiro atoms. The number of carbonyl (C=O) groups is 1. The normalized spacial score (nSPS) is 10.8. The number of carbonyl (C=O) groups excluding carboxylic acids is 1. The van der Waals surface area contributed by atoms with E-state index in [9.17, 15) is 4.79 Å². The van der Waals surface area contributed by atoms with Crippen LogP contribution in [0.2, 0.25) is 0 Å². The first-order chi connectivity index (χ1) is 11.4. The molecule has 4 N–H and O–H groups in total. The molecular weight excluding hydrogens is 340 g/mol. The minimum absolute atomic E-state index is 0. The Morgan fingerprint density at radius 2 is 1.88 bits per heavy atom. The zero-order valence-corrected chi connectivity index (χ0v) is 15.8. The molecule has 2 aromatic rings. The van der Waals surface area contributed by atoms with E-state index >= 15 is 0 Å². The molecule has 138 valence electrons. The van der Waals surface area contributed by atoms with Gasteiger partial charge in [-0.1, -0.05) is 18.2 Å². The molecule has 2 rings (SSSR count). The topological polar surface area (TPSA) is 89.3 Å². The summed E-state index contributed by atoms with van der Waals surface area (Å²) in [6.07, 6.45) is 3.07. The molecule has 0 radical (unpaired) electrons. The number of para-hydroxylation sites is 1. The van der Waals surface area contributed by atoms with Crippen LogP contribution in [0.5, 0.6) is 0 Å². The number of fused-ring (bicyclic) bond motifs is 1. The molecule has 1 aromatic heterocycles. The lowest BCUT2D eigenvalue weighted by molar-refractivity contribution is 0.0527. The molecule has 0 atom stereocenters. The predicted molar refractivity (Wildman–Crippen MR) is 105 cm³/mol. The quantitative estimate of drug-likeness (QED) is 0.673. The molecule has 6 nitrogen and oxygen atoms in total. The van der Waals surface area contributed by atoms with Gasteiger partial charge in [-0.25, -0.2) is 4.79 Å². The van der Waals surface area contributed by atoms with E-state index in [0.717, 1.165) is 36.0 Å². The molecular formula is C18H27ClN4O2. The number of halogens is 1. The number of alkyl carbamates (subject to hydrolysis) is 1. The van der Waals surface area contributed by atoms with E-state index in [1.165, 1.54) is 0 Å². The average molecular weight is 367 g/mol. The first-order valence-electron chi connectivity index (χ1n) is 8.21. The van der Waals surface area contributed by atoms with Crippen molar-refractivity contribution in [2.24, 2.45) is 0 Å². The van der Waals surface area contributed by atoms with Gasteiger partial charge in [-0.05, 0) is 39.7 Å². The second-order valence-electron chi connectivity index (χ2n) is 6.67. The summed E-state index contributed by atoms with van der Waals surface area (Å²) in [6, 6.07) is 7.90. The van der Waals surface area contributed by atoms with Gasteiger partial charge in [0.25, 0.3) is 0 Å². The number of pyridine rings is 1. The zero-order chi connectivity index (χ0) is 17.6. The second-order valence-corrected chi connectivity index (χ2v) is 6.67. The van der Waals surface area contributed by atoms with E-state index in [1.54, 1.807) is 6.20 Å². The van der Waals surface area contributed by atoms with Gasteiger partial charge in [0.15, 0.2) is 0 Å². The minimum Gasteiger partial charge on any atom is -0.444 e. The van der Waals surface area contributed by atoms with Gasteiger partial charge < -0.3 is 21.1 Å². The fraction of sp³-hybridized carbons (Fsp3) is 0.444. The molecule has 0 saturated heterocycles. The Balaban J connectivity index is 0.00000312. The number of nitrogens with two attached hydrogens (primary N) is 1. The number of unbranched alkanes of at least 4 members (excludes halogenated alkanes) is 1. The lowest BCUT2D eigenvalue weighted by Gasteiger charge is -2.19. The standard InChI is InChI=1S/C18H26N4O2.ClH/c1-18(2,3)24-17(23)21-11-7-6-10-20-16-13-8-4-5-9-15(13)22-12-14(16)19;/h4-5,8-9,12H,6-7,10-11,19H2,1-3H3,(H,20,22)(H,21,23);1H. The molecule has 0 bridgehead atoms. The molecule has 0 saturated carbocycles. The van der Waals surface area contributed by atoms with E-state index in [1.807, 2.05) is 45.0 Å². The van der Waals surface area contributed by atoms with E-state index in [2.05, 4.69) is 15.6 Å². The second kappa shape index (κ2) is 9.32. The number of benzene rings is 1. The first-order valence-corrected chi connectivity index (χ1v) is 8.21. The third-order valence-corrected chi connectivity index (χ3v) is 3.38. The number of aromatic nitrogens is 1. The number of amides is 1. The van der Waals surface area contributed by atoms with Crippen molar-refractivity contribution in [3.63, 3.8) is 0 Å². The van der Waals surface area contributed by atoms with Crippen LogP contribution in [-0.4, -0.2) is 29.8 Å². The molecule has 0 fully saturated rings. The summed E-state index contributed by atoms with van der Waals surface area (Å²) in [4.78, 5) is 15.9. The number of nitrogen functional groups attached to an aromatic ring is 1. The molecule has 0 aliphatic carbocycles. The number of nitrogens with one attached hydrogen (secondary N) is 2. The highest BCUT2D eigenvalue weighted by atomic mass is 35.5. The summed E-state index contributed by atoms with van der Waals surface area (Å²) in [5, 5.41) is 7.15. The Morgan fingerprint density at radius 1 is 1.20 bits per heavy atom. The highest BCUT2D eigenvalue weighted by Gasteiger charge is 2.15. The molecule has 1 aromatic carbocycles. The Morgan fingerprint density at radius 3 is 2.60 bits per heavy atom. The summed E-state index contributed by atoms with van der Waals surface area (Å²) >= 11 is 0. The number of nitrogens with zero attached hydrogens (tertiary/aromatic N) is 1. The van der Waals surface area contributed by atoms with Crippen molar-refractivity contribution >= 4 is 40.8 Å². The van der Waals surface area contributed by atoms with Crippen LogP contribution in [0.3, 0.4) is 0 Å². The predicted octanol–water partition coefficient (Wildman–Crippen LogP) is 3.96. The van der Waals surface area contributed by atoms with Crippen LogP contribution < -0.4 is 16.4 Å². The molecule has 0 unspecified atom stereocenters. The maximum atomic E-state index is 11.5. The maximum Gasteiger partial charge on any atom is 0.407 e. The Labute approximate surface area is 154 Å². The SMILES string of the molecule is CC(C)(C)OC(=O)NCCCCNc1c(N)cnc2ccccc12.Cl. The van der Waals surface area contributed by atoms with Crippen LogP contribution in [0.25, 0.3) is 10.9 Å². The summed E-state index contributed by atoms with van der Waals surface area (Å²) in [5.41, 5.74) is 8.03. The lowest BCUT2D eigenvalue weighted by Crippen LogP contribution is -2.33. The maximum absolute atomic E-state index is 11.5. The van der Waals surface area contributed by atoms with Crippen LogP contribution in [0.4, 0.5) is 16.2 Å². The highest BCUT2D eigenvalue weighted by Crippen LogP contribution is 2.27. The van der Waals surface area contributed by atoms with Gasteiger partial charge in [0.2, 0.25) is 0 Å². The average Bonchev–Trinajstić information content (AvgIpc) is 2.50. The lowest BCUT2D eigenvalue weighted by atomic mass is 10.1. The van der Waals surface area contributed by atoms with Crippen LogP contribution in [0.15, 0.2) is 30.5 Å². The fourth-order valence-electron chi connectivity index (χ4n) is 2.32. The van der Waals surface area contributed by atoms with Crippen molar-refractivity contribution in [1.29, 1.82) is 0 Å². The number of rotatable bonds is 6. The van der Waals surface area contributed by atoms with E-state index < -0.39 is 5.60 Å². The van der Waals surface area contributed by atoms with Crippen LogP contribution in [0.1, 0.15) is 33.6 Å². The third kappa shape index (κ3) is 6.66. The largest absolute Gasteiger partial charge is 0.444 e. The molecule has 0 aliphatic heterocycles. The Kier molecular flexibility index (Phi) is 7.77. The van der Waals surface area contributed by atoms with E-state index in [4.69, 9.17) is 10.5 Å². The van der Waals surface area contributed by atoms with Crippen LogP contribution in [-0.2, 0) is 4.74 Å². The molecule has 25 heavy (non-hydrogen) atoms. The highest BCUT2D eigenvalue weighted by molar-refractivity contribution is 5.96. The Hall–Kier alpha value is -2.21. The van der Waals surface area contributed by atoms with Gasteiger partial charge in [-0.2, -0.15) is 0 Å². The monoisotopic (exact) mass is 366 g/mol. The molecule has 0 aliphatic rings. The van der Waals surface area contributed by atoms with Crippen molar-refractivity contribution in [3.8, 4) is 0 Å². The zero-order valence-electron chi connectivity index (χ0n) is 15.0. The van der Waals surface area contributed by atoms with Crippen molar-refractivity contribution < 1.29 is 9.53 Å². The third-order valence-electron chi connectivity index (χ3n) is 3.38. The van der Waals surface area contributed by atoms with Gasteiger partial charge in [-0.3, -0.25) is 4.98 Å². The van der Waals surface area contributed by atoms with E-state index in [0.29, 0.717) is 12.2 Å². The van der Waals surface area contributed by atoms with Crippen molar-refractivity contribution in [1.82, 2.24) is 10.3 Å². The van der Waals surface area contributed by atoms with Gasteiger partial charge in [0.1, 0.15) is 5.60 Å². The number of anilines is 2. The summed E-state index contributed by atoms with van der Waals surface area (Å²) in [5.74, 6) is 0. The molecule has 1 amide bonds. The van der Waals surface area contributed by atoms with Gasteiger partial charge in [0, 0.05) is 18.5 Å². The number of hydrogen-bond acceptors (Lipinski definition) is 5. The number of ether oxygens (including phenoxy) is 1. The van der Waals surface area contributed by atoms with Crippen molar-refractivity contribution in [2.75, 3.05) is 24.1 Å². The van der Waals surface area contributed by atoms with Gasteiger partial charge in [0.05, 0.1) is 23.1 Å². The summed E-state index contributed by atoms with van der Waals surface area (Å²) < 4.78 is 5.19. The minimum atomic E-state index is -0.467. The van der Waals surface area contributed by atoms with Crippen molar-refractivity contribution in [3.05, 3.63) is 30.5 Å². The van der Waals surface area contributed by atoms with E-state index in [-0.39, 0.29) is 18.5 Å². The van der Waals surface area contributed by atoms with Crippen LogP contribution in [0, 0.1) is 0 Å². The smallest absolute Gasteiger partial charge is 0.407 e. The Bertz CT molecular complexity index is 701. The van der Waals surface area contributed by atoms with Crippen LogP contribution >= 0.6 is 12.4 Å². The summed E-state index contributed by atoms with van der Waals surface area (Å²) in [6.45, 7) is 6.90. The number of hydrogen-bond donors (Lipinski definition) is 3. The molecule has 7 heteroatoms. The van der Waals surface area contributed by atoms with Gasteiger partial charge >= 0.3 is 6.09 Å². The first kappa shape index (κ1) is 20.8.